The topological polar surface area (TPSA) is 57.6 Å². The number of amides is 1. The van der Waals surface area contributed by atoms with Crippen molar-refractivity contribution in [1.29, 1.82) is 0 Å². The monoisotopic (exact) mass is 357 g/mol. The number of carboxylic acid groups (broad SMARTS) is 1. The van der Waals surface area contributed by atoms with Gasteiger partial charge in [-0.15, -0.1) is 0 Å². The lowest BCUT2D eigenvalue weighted by Gasteiger charge is -2.38. The van der Waals surface area contributed by atoms with Crippen LogP contribution in [0.15, 0.2) is 24.3 Å². The van der Waals surface area contributed by atoms with Crippen molar-refractivity contribution in [3.8, 4) is 0 Å². The third-order valence-corrected chi connectivity index (χ3v) is 4.90. The number of carbonyl (C=O) groups excluding carboxylic acids is 1. The molecule has 1 amide bonds. The van der Waals surface area contributed by atoms with Crippen molar-refractivity contribution in [1.82, 2.24) is 4.90 Å². The molecule has 0 aliphatic carbocycles. The first-order valence-electron chi connectivity index (χ1n) is 8.31. The molecule has 4 nitrogen and oxygen atoms in total. The highest BCUT2D eigenvalue weighted by atomic mass is 19.4. The molecule has 138 valence electrons. The van der Waals surface area contributed by atoms with E-state index in [0.29, 0.717) is 19.4 Å². The Morgan fingerprint density at radius 1 is 1.32 bits per heavy atom. The van der Waals surface area contributed by atoms with Crippen molar-refractivity contribution in [2.45, 2.75) is 51.2 Å². The largest absolute Gasteiger partial charge is 0.481 e. The lowest BCUT2D eigenvalue weighted by Crippen LogP contribution is -2.49. The summed E-state index contributed by atoms with van der Waals surface area (Å²) in [7, 11) is 0. The minimum Gasteiger partial charge on any atom is -0.481 e. The van der Waals surface area contributed by atoms with Gasteiger partial charge in [0.25, 0.3) is 0 Å². The van der Waals surface area contributed by atoms with Gasteiger partial charge in [-0.2, -0.15) is 13.2 Å². The highest BCUT2D eigenvalue weighted by Gasteiger charge is 2.37. The number of carbonyl (C=O) groups is 2. The van der Waals surface area contributed by atoms with E-state index in [4.69, 9.17) is 0 Å². The van der Waals surface area contributed by atoms with Gasteiger partial charge in [0.15, 0.2) is 0 Å². The molecule has 1 saturated heterocycles. The van der Waals surface area contributed by atoms with E-state index in [1.54, 1.807) is 13.8 Å². The maximum absolute atomic E-state index is 13.1. The second kappa shape index (κ2) is 7.45. The number of hydrogen-bond acceptors (Lipinski definition) is 2. The van der Waals surface area contributed by atoms with Crippen LogP contribution in [0.3, 0.4) is 0 Å². The second-order valence-electron chi connectivity index (χ2n) is 6.60. The normalized spacial score (nSPS) is 22.5. The zero-order valence-corrected chi connectivity index (χ0v) is 14.2. The Labute approximate surface area is 144 Å². The predicted octanol–water partition coefficient (Wildman–Crippen LogP) is 3.91. The van der Waals surface area contributed by atoms with Crippen molar-refractivity contribution in [3.05, 3.63) is 35.4 Å². The van der Waals surface area contributed by atoms with Crippen molar-refractivity contribution in [3.63, 3.8) is 0 Å². The van der Waals surface area contributed by atoms with Crippen LogP contribution < -0.4 is 0 Å². The summed E-state index contributed by atoms with van der Waals surface area (Å²) in [4.78, 5) is 25.3. The van der Waals surface area contributed by atoms with E-state index in [2.05, 4.69) is 0 Å². The Kier molecular flexibility index (Phi) is 5.75. The number of alkyl halides is 3. The number of piperidine rings is 1. The SMILES string of the molecule is CC(CC(=O)N1CCC[C@H](C(=O)O)[C@@H]1C)c1ccccc1C(F)(F)F. The van der Waals surface area contributed by atoms with E-state index < -0.39 is 35.6 Å². The molecule has 1 aliphatic rings. The summed E-state index contributed by atoms with van der Waals surface area (Å²) in [5, 5.41) is 9.23. The maximum atomic E-state index is 13.1. The molecule has 0 aromatic heterocycles. The molecule has 1 unspecified atom stereocenters. The third kappa shape index (κ3) is 4.32. The first kappa shape index (κ1) is 19.3. The summed E-state index contributed by atoms with van der Waals surface area (Å²) in [6.07, 6.45) is -3.46. The average Bonchev–Trinajstić information content (AvgIpc) is 2.53. The van der Waals surface area contributed by atoms with Gasteiger partial charge in [0, 0.05) is 19.0 Å². The summed E-state index contributed by atoms with van der Waals surface area (Å²) in [5.74, 6) is -2.48. The molecule has 1 fully saturated rings. The van der Waals surface area contributed by atoms with Gasteiger partial charge in [0.2, 0.25) is 5.91 Å². The lowest BCUT2D eigenvalue weighted by molar-refractivity contribution is -0.149. The fourth-order valence-corrected chi connectivity index (χ4v) is 3.50. The molecule has 1 aliphatic heterocycles. The molecule has 1 aromatic carbocycles. The summed E-state index contributed by atoms with van der Waals surface area (Å²) >= 11 is 0. The molecule has 7 heteroatoms. The highest BCUT2D eigenvalue weighted by Crippen LogP contribution is 2.36. The lowest BCUT2D eigenvalue weighted by atomic mass is 9.88. The zero-order chi connectivity index (χ0) is 18.8. The van der Waals surface area contributed by atoms with E-state index >= 15 is 0 Å². The number of rotatable bonds is 4. The van der Waals surface area contributed by atoms with Gasteiger partial charge in [0.1, 0.15) is 0 Å². The molecule has 0 saturated carbocycles. The summed E-state index contributed by atoms with van der Waals surface area (Å²) in [6, 6.07) is 4.80. The van der Waals surface area contributed by atoms with Gasteiger partial charge < -0.3 is 10.0 Å². The van der Waals surface area contributed by atoms with Crippen LogP contribution in [0.4, 0.5) is 13.2 Å². The molecule has 1 N–H and O–H groups in total. The molecule has 0 radical (unpaired) electrons. The number of benzene rings is 1. The van der Waals surface area contributed by atoms with E-state index in [1.165, 1.54) is 23.1 Å². The maximum Gasteiger partial charge on any atom is 0.416 e. The number of aliphatic carboxylic acids is 1. The summed E-state index contributed by atoms with van der Waals surface area (Å²) < 4.78 is 39.4. The Balaban J connectivity index is 2.14. The van der Waals surface area contributed by atoms with Crippen molar-refractivity contribution in [2.75, 3.05) is 6.54 Å². The van der Waals surface area contributed by atoms with Crippen LogP contribution in [-0.4, -0.2) is 34.5 Å². The van der Waals surface area contributed by atoms with Crippen molar-refractivity contribution in [2.24, 2.45) is 5.92 Å². The van der Waals surface area contributed by atoms with Gasteiger partial charge in [0.05, 0.1) is 11.5 Å². The number of likely N-dealkylation sites (tertiary alicyclic amines) is 1. The minimum atomic E-state index is -4.47. The molecule has 1 aromatic rings. The van der Waals surface area contributed by atoms with E-state index in [0.717, 1.165) is 6.07 Å². The smallest absolute Gasteiger partial charge is 0.416 e. The standard InChI is InChI=1S/C18H22F3NO3/c1-11(13-6-3-4-8-15(13)18(19,20)21)10-16(23)22-9-5-7-14(12(22)2)17(24)25/h3-4,6,8,11-12,14H,5,7,9-10H2,1-2H3,(H,24,25)/t11?,12-,14-/m0/s1. The number of hydrogen-bond donors (Lipinski definition) is 1. The molecule has 1 heterocycles. The van der Waals surface area contributed by atoms with Crippen LogP contribution in [0, 0.1) is 5.92 Å². The third-order valence-electron chi connectivity index (χ3n) is 4.90. The molecule has 2 rings (SSSR count). The van der Waals surface area contributed by atoms with E-state index in [9.17, 15) is 27.9 Å². The van der Waals surface area contributed by atoms with Crippen molar-refractivity contribution >= 4 is 11.9 Å². The first-order chi connectivity index (χ1) is 11.6. The van der Waals surface area contributed by atoms with Crippen LogP contribution in [0.1, 0.15) is 50.2 Å². The molecular formula is C18H22F3NO3. The summed E-state index contributed by atoms with van der Waals surface area (Å²) in [5.41, 5.74) is -0.645. The molecule has 3 atom stereocenters. The van der Waals surface area contributed by atoms with Crippen molar-refractivity contribution < 1.29 is 27.9 Å². The second-order valence-corrected chi connectivity index (χ2v) is 6.60. The van der Waals surface area contributed by atoms with Gasteiger partial charge >= 0.3 is 12.1 Å². The first-order valence-corrected chi connectivity index (χ1v) is 8.31. The fraction of sp³-hybridized carbons (Fsp3) is 0.556. The van der Waals surface area contributed by atoms with Crippen LogP contribution in [-0.2, 0) is 15.8 Å². The minimum absolute atomic E-state index is 0.0796. The number of carboxylic acids is 1. The zero-order valence-electron chi connectivity index (χ0n) is 14.2. The Bertz CT molecular complexity index is 645. The van der Waals surface area contributed by atoms with Crippen LogP contribution in [0.5, 0.6) is 0 Å². The quantitative estimate of drug-likeness (QED) is 0.889. The van der Waals surface area contributed by atoms with Crippen LogP contribution in [0.2, 0.25) is 0 Å². The predicted molar refractivity (Wildman–Crippen MR) is 86.0 cm³/mol. The molecular weight excluding hydrogens is 335 g/mol. The summed E-state index contributed by atoms with van der Waals surface area (Å²) in [6.45, 7) is 3.72. The molecule has 0 bridgehead atoms. The van der Waals surface area contributed by atoms with E-state index in [1.807, 2.05) is 0 Å². The average molecular weight is 357 g/mol. The number of nitrogens with zero attached hydrogens (tertiary/aromatic N) is 1. The van der Waals surface area contributed by atoms with Gasteiger partial charge in [-0.25, -0.2) is 0 Å². The van der Waals surface area contributed by atoms with Gasteiger partial charge in [-0.1, -0.05) is 25.1 Å². The van der Waals surface area contributed by atoms with Crippen LogP contribution >= 0.6 is 0 Å². The fourth-order valence-electron chi connectivity index (χ4n) is 3.50. The Morgan fingerprint density at radius 3 is 2.56 bits per heavy atom. The van der Waals surface area contributed by atoms with Gasteiger partial charge in [-0.05, 0) is 37.3 Å². The Morgan fingerprint density at radius 2 is 1.96 bits per heavy atom. The Hall–Kier alpha value is -2.05. The van der Waals surface area contributed by atoms with Crippen LogP contribution in [0.25, 0.3) is 0 Å². The highest BCUT2D eigenvalue weighted by molar-refractivity contribution is 5.79. The molecule has 25 heavy (non-hydrogen) atoms. The van der Waals surface area contributed by atoms with E-state index in [-0.39, 0.29) is 17.9 Å². The molecule has 0 spiro atoms. The number of halogens is 3. The van der Waals surface area contributed by atoms with Gasteiger partial charge in [-0.3, -0.25) is 9.59 Å².